The average Bonchev–Trinajstić information content (AvgIpc) is 3.95. The van der Waals surface area contributed by atoms with Crippen LogP contribution in [-0.4, -0.2) is 0 Å². The summed E-state index contributed by atoms with van der Waals surface area (Å²) >= 11 is 0. The van der Waals surface area contributed by atoms with E-state index in [1.165, 1.54) is 5.39 Å². The Morgan fingerprint density at radius 2 is 0.875 bits per heavy atom. The normalized spacial score (nSPS) is 11.9. The second kappa shape index (κ2) is 12.0. The molecule has 4 nitrogen and oxygen atoms in total. The first-order valence-electron chi connectivity index (χ1n) is 18.9. The van der Waals surface area contributed by atoms with E-state index in [-0.39, 0.29) is 0 Å². The summed E-state index contributed by atoms with van der Waals surface area (Å²) in [6.07, 6.45) is 0. The molecule has 0 fully saturated rings. The maximum absolute atomic E-state index is 6.71. The van der Waals surface area contributed by atoms with Crippen LogP contribution < -0.4 is 4.90 Å². The number of furan rings is 3. The lowest BCUT2D eigenvalue weighted by Gasteiger charge is -2.28. The van der Waals surface area contributed by atoms with Crippen LogP contribution in [0.4, 0.5) is 17.1 Å². The highest BCUT2D eigenvalue weighted by Crippen LogP contribution is 2.48. The Morgan fingerprint density at radius 1 is 0.321 bits per heavy atom. The Bertz CT molecular complexity index is 3490. The molecule has 0 aliphatic rings. The highest BCUT2D eigenvalue weighted by atomic mass is 16.3. The van der Waals surface area contributed by atoms with Crippen molar-refractivity contribution in [3.8, 4) is 22.3 Å². The van der Waals surface area contributed by atoms with Crippen LogP contribution in [0.25, 0.3) is 98.8 Å². The van der Waals surface area contributed by atoms with Crippen molar-refractivity contribution in [3.05, 3.63) is 188 Å². The number of anilines is 3. The molecule has 0 aliphatic carbocycles. The Morgan fingerprint density at radius 3 is 1.68 bits per heavy atom. The van der Waals surface area contributed by atoms with Crippen molar-refractivity contribution in [2.45, 2.75) is 0 Å². The highest BCUT2D eigenvalue weighted by molar-refractivity contribution is 6.17. The van der Waals surface area contributed by atoms with Gasteiger partial charge in [-0.2, -0.15) is 0 Å². The Labute approximate surface area is 321 Å². The van der Waals surface area contributed by atoms with E-state index >= 15 is 0 Å². The standard InChI is InChI=1S/C52H31NO3/c1-2-13-34-31-49-43(30-33(34)12-1)50-40(18-11-25-48(50)54-49)37-14-3-6-21-44(37)53(45-22-10-20-42-39-16-5-8-24-47(39)56-52(42)45)35-28-26-32(27-29-35)36-17-9-19-41-38-15-4-7-23-46(38)55-51(36)41/h1-31H. The number of benzene rings is 9. The first-order valence-corrected chi connectivity index (χ1v) is 18.9. The molecular formula is C52H31NO3. The van der Waals surface area contributed by atoms with E-state index in [4.69, 9.17) is 13.3 Å². The van der Waals surface area contributed by atoms with Crippen molar-refractivity contribution >= 4 is 93.7 Å². The molecule has 56 heavy (non-hydrogen) atoms. The topological polar surface area (TPSA) is 42.7 Å². The minimum absolute atomic E-state index is 0.832. The number of fused-ring (bicyclic) bond motifs is 10. The number of rotatable bonds is 5. The first kappa shape index (κ1) is 30.9. The second-order valence-corrected chi connectivity index (χ2v) is 14.4. The van der Waals surface area contributed by atoms with E-state index in [1.807, 2.05) is 24.3 Å². The molecule has 0 saturated carbocycles. The summed E-state index contributed by atoms with van der Waals surface area (Å²) in [7, 11) is 0. The molecule has 0 N–H and O–H groups in total. The second-order valence-electron chi connectivity index (χ2n) is 14.4. The highest BCUT2D eigenvalue weighted by Gasteiger charge is 2.24. The van der Waals surface area contributed by atoms with Crippen molar-refractivity contribution in [2.75, 3.05) is 4.90 Å². The fraction of sp³-hybridized carbons (Fsp3) is 0. The molecule has 0 atom stereocenters. The molecular weight excluding hydrogens is 687 g/mol. The third-order valence-corrected chi connectivity index (χ3v) is 11.3. The summed E-state index contributed by atoms with van der Waals surface area (Å²) in [4.78, 5) is 2.34. The van der Waals surface area contributed by atoms with Gasteiger partial charge in [0.15, 0.2) is 5.58 Å². The van der Waals surface area contributed by atoms with Crippen molar-refractivity contribution in [1.29, 1.82) is 0 Å². The molecule has 0 saturated heterocycles. The maximum atomic E-state index is 6.71. The van der Waals surface area contributed by atoms with Crippen molar-refractivity contribution in [1.82, 2.24) is 0 Å². The van der Waals surface area contributed by atoms with E-state index in [2.05, 4.69) is 169 Å². The van der Waals surface area contributed by atoms with E-state index in [0.717, 1.165) is 111 Å². The molecule has 0 amide bonds. The summed E-state index contributed by atoms with van der Waals surface area (Å²) < 4.78 is 19.7. The molecule has 12 rings (SSSR count). The van der Waals surface area contributed by atoms with Crippen LogP contribution in [0.2, 0.25) is 0 Å². The zero-order chi connectivity index (χ0) is 36.7. The van der Waals surface area contributed by atoms with Crippen LogP contribution in [0.15, 0.2) is 201 Å². The summed E-state index contributed by atoms with van der Waals surface area (Å²) in [6.45, 7) is 0. The molecule has 0 spiro atoms. The van der Waals surface area contributed by atoms with Crippen molar-refractivity contribution in [2.24, 2.45) is 0 Å². The Balaban J connectivity index is 1.09. The minimum atomic E-state index is 0.832. The van der Waals surface area contributed by atoms with Crippen molar-refractivity contribution < 1.29 is 13.3 Å². The van der Waals surface area contributed by atoms with Gasteiger partial charge in [-0.05, 0) is 76.5 Å². The fourth-order valence-corrected chi connectivity index (χ4v) is 8.71. The van der Waals surface area contributed by atoms with Gasteiger partial charge >= 0.3 is 0 Å². The van der Waals surface area contributed by atoms with Crippen LogP contribution in [-0.2, 0) is 0 Å². The monoisotopic (exact) mass is 717 g/mol. The quantitative estimate of drug-likeness (QED) is 0.178. The van der Waals surface area contributed by atoms with Gasteiger partial charge in [0, 0.05) is 49.1 Å². The van der Waals surface area contributed by atoms with Gasteiger partial charge < -0.3 is 18.2 Å². The summed E-state index contributed by atoms with van der Waals surface area (Å²) in [5.74, 6) is 0. The molecule has 3 heterocycles. The molecule has 9 aromatic carbocycles. The van der Waals surface area contributed by atoms with Crippen LogP contribution in [0.3, 0.4) is 0 Å². The Kier molecular flexibility index (Phi) is 6.60. The van der Waals surface area contributed by atoms with Gasteiger partial charge in [0.2, 0.25) is 0 Å². The third kappa shape index (κ3) is 4.60. The molecule has 3 aromatic heterocycles. The first-order chi connectivity index (χ1) is 27.8. The van der Waals surface area contributed by atoms with Crippen LogP contribution in [0, 0.1) is 0 Å². The molecule has 0 aliphatic heterocycles. The smallest absolute Gasteiger partial charge is 0.159 e. The van der Waals surface area contributed by atoms with Crippen LogP contribution in [0.1, 0.15) is 0 Å². The SMILES string of the molecule is c1ccc(N(c2ccc(-c3cccc4c3oc3ccccc34)cc2)c2cccc3c2oc2ccccc23)c(-c2cccc3oc4cc5ccccc5cc4c23)c1. The number of nitrogens with zero attached hydrogens (tertiary/aromatic N) is 1. The van der Waals surface area contributed by atoms with E-state index in [1.54, 1.807) is 0 Å². The largest absolute Gasteiger partial charge is 0.456 e. The average molecular weight is 718 g/mol. The molecule has 0 unspecified atom stereocenters. The van der Waals surface area contributed by atoms with E-state index in [9.17, 15) is 0 Å². The lowest BCUT2D eigenvalue weighted by Crippen LogP contribution is -2.11. The van der Waals surface area contributed by atoms with Gasteiger partial charge in [-0.1, -0.05) is 133 Å². The van der Waals surface area contributed by atoms with Crippen LogP contribution in [0.5, 0.6) is 0 Å². The summed E-state index contributed by atoms with van der Waals surface area (Å²) in [5.41, 5.74) is 12.5. The predicted octanol–water partition coefficient (Wildman–Crippen LogP) is 15.3. The lowest BCUT2D eigenvalue weighted by molar-refractivity contribution is 0.669. The molecule has 262 valence electrons. The third-order valence-electron chi connectivity index (χ3n) is 11.3. The van der Waals surface area contributed by atoms with Gasteiger partial charge in [-0.15, -0.1) is 0 Å². The van der Waals surface area contributed by atoms with Gasteiger partial charge in [0.05, 0.1) is 11.4 Å². The lowest BCUT2D eigenvalue weighted by atomic mass is 9.96. The Hall–Kier alpha value is -7.56. The van der Waals surface area contributed by atoms with Gasteiger partial charge in [-0.3, -0.25) is 0 Å². The zero-order valence-corrected chi connectivity index (χ0v) is 30.1. The molecule has 0 radical (unpaired) electrons. The zero-order valence-electron chi connectivity index (χ0n) is 30.1. The van der Waals surface area contributed by atoms with Crippen molar-refractivity contribution in [3.63, 3.8) is 0 Å². The van der Waals surface area contributed by atoms with Gasteiger partial charge in [-0.25, -0.2) is 0 Å². The molecule has 0 bridgehead atoms. The summed E-state index contributed by atoms with van der Waals surface area (Å²) in [5, 5.41) is 8.93. The number of hydrogen-bond donors (Lipinski definition) is 0. The fourth-order valence-electron chi connectivity index (χ4n) is 8.71. The maximum Gasteiger partial charge on any atom is 0.159 e. The van der Waals surface area contributed by atoms with Gasteiger partial charge in [0.25, 0.3) is 0 Å². The molecule has 12 aromatic rings. The minimum Gasteiger partial charge on any atom is -0.456 e. The number of para-hydroxylation sites is 5. The summed E-state index contributed by atoms with van der Waals surface area (Å²) in [6, 6.07) is 66.0. The number of hydrogen-bond acceptors (Lipinski definition) is 4. The van der Waals surface area contributed by atoms with Crippen LogP contribution >= 0.6 is 0 Å². The molecule has 4 heteroatoms. The predicted molar refractivity (Wildman–Crippen MR) is 231 cm³/mol. The van der Waals surface area contributed by atoms with Gasteiger partial charge in [0.1, 0.15) is 27.9 Å². The van der Waals surface area contributed by atoms with E-state index in [0.29, 0.717) is 0 Å². The van der Waals surface area contributed by atoms with E-state index < -0.39 is 0 Å².